The second kappa shape index (κ2) is 8.20. The molecule has 2 N–H and O–H groups in total. The Morgan fingerprint density at radius 2 is 1.60 bits per heavy atom. The number of nitrogen functional groups attached to an aromatic ring is 1. The van der Waals surface area contributed by atoms with Crippen LogP contribution in [0.3, 0.4) is 0 Å². The second-order valence-electron chi connectivity index (χ2n) is 6.52. The van der Waals surface area contributed by atoms with Gasteiger partial charge in [-0.2, -0.15) is 0 Å². The molecule has 0 unspecified atom stereocenters. The van der Waals surface area contributed by atoms with Gasteiger partial charge in [-0.25, -0.2) is 19.6 Å². The summed E-state index contributed by atoms with van der Waals surface area (Å²) in [5.41, 5.74) is 9.01. The van der Waals surface area contributed by atoms with E-state index in [1.165, 1.54) is 0 Å². The molecule has 152 valence electrons. The molecular formula is C22H20N4O4. The number of hydrogen-bond donors (Lipinski definition) is 1. The Bertz CT molecular complexity index is 1230. The van der Waals surface area contributed by atoms with Crippen LogP contribution < -0.4 is 5.73 Å². The molecule has 4 aromatic rings. The average Bonchev–Trinajstić information content (AvgIpc) is 3.03. The van der Waals surface area contributed by atoms with Gasteiger partial charge in [-0.3, -0.25) is 0 Å². The Morgan fingerprint density at radius 1 is 0.933 bits per heavy atom. The molecule has 0 aliphatic carbocycles. The van der Waals surface area contributed by atoms with Crippen LogP contribution in [0.15, 0.2) is 54.6 Å². The van der Waals surface area contributed by atoms with E-state index in [-0.39, 0.29) is 31.1 Å². The van der Waals surface area contributed by atoms with Crippen LogP contribution >= 0.6 is 0 Å². The molecule has 30 heavy (non-hydrogen) atoms. The van der Waals surface area contributed by atoms with Crippen molar-refractivity contribution in [1.82, 2.24) is 14.5 Å². The van der Waals surface area contributed by atoms with Gasteiger partial charge in [0.25, 0.3) is 0 Å². The fraction of sp³-hybridized carbons (Fsp3) is 0.182. The third-order valence-corrected chi connectivity index (χ3v) is 4.63. The van der Waals surface area contributed by atoms with E-state index >= 15 is 0 Å². The molecule has 0 aliphatic heterocycles. The normalized spacial score (nSPS) is 11.0. The summed E-state index contributed by atoms with van der Waals surface area (Å²) < 4.78 is 12.1. The van der Waals surface area contributed by atoms with Crippen LogP contribution in [0.4, 0.5) is 5.82 Å². The highest BCUT2D eigenvalue weighted by molar-refractivity contribution is 6.08. The van der Waals surface area contributed by atoms with E-state index in [0.717, 1.165) is 0 Å². The summed E-state index contributed by atoms with van der Waals surface area (Å²) in [6.07, 6.45) is 0. The first-order valence-electron chi connectivity index (χ1n) is 9.54. The summed E-state index contributed by atoms with van der Waals surface area (Å²) in [5.74, 6) is -0.827. The summed E-state index contributed by atoms with van der Waals surface area (Å²) in [5, 5.41) is 0. The number of aromatic nitrogens is 3. The molecule has 0 saturated heterocycles. The Hall–Kier alpha value is -3.94. The van der Waals surface area contributed by atoms with Gasteiger partial charge in [0.2, 0.25) is 0 Å². The zero-order valence-corrected chi connectivity index (χ0v) is 16.4. The van der Waals surface area contributed by atoms with Crippen molar-refractivity contribution in [3.8, 4) is 0 Å². The number of carbonyl (C=O) groups is 2. The number of rotatable bonds is 6. The number of hydrogen-bond acceptors (Lipinski definition) is 7. The topological polar surface area (TPSA) is 109 Å². The SMILES string of the molecule is CCOC(=O)c1c(N)n(CCOC(=O)c2ccccc2)c2nc3ccccc3nc12. The number of nitrogens with zero attached hydrogens (tertiary/aromatic N) is 3. The molecule has 4 rings (SSSR count). The zero-order chi connectivity index (χ0) is 21.1. The fourth-order valence-corrected chi connectivity index (χ4v) is 3.24. The van der Waals surface area contributed by atoms with Crippen LogP contribution in [0.2, 0.25) is 0 Å². The maximum atomic E-state index is 12.5. The van der Waals surface area contributed by atoms with Crippen LogP contribution in [0.5, 0.6) is 0 Å². The van der Waals surface area contributed by atoms with Crippen molar-refractivity contribution in [2.45, 2.75) is 13.5 Å². The monoisotopic (exact) mass is 404 g/mol. The lowest BCUT2D eigenvalue weighted by Crippen LogP contribution is -2.14. The maximum Gasteiger partial charge on any atom is 0.344 e. The summed E-state index contributed by atoms with van der Waals surface area (Å²) in [6.45, 7) is 2.20. The van der Waals surface area contributed by atoms with Gasteiger partial charge in [0.05, 0.1) is 29.7 Å². The Kier molecular flexibility index (Phi) is 5.30. The molecule has 0 aliphatic rings. The minimum atomic E-state index is -0.565. The lowest BCUT2D eigenvalue weighted by Gasteiger charge is -2.09. The fourth-order valence-electron chi connectivity index (χ4n) is 3.24. The van der Waals surface area contributed by atoms with Gasteiger partial charge >= 0.3 is 11.9 Å². The molecular weight excluding hydrogens is 384 g/mol. The molecule has 2 aromatic carbocycles. The van der Waals surface area contributed by atoms with Gasteiger partial charge in [0, 0.05) is 0 Å². The van der Waals surface area contributed by atoms with Crippen LogP contribution in [-0.4, -0.2) is 39.7 Å². The summed E-state index contributed by atoms with van der Waals surface area (Å²) >= 11 is 0. The van der Waals surface area contributed by atoms with E-state index in [1.54, 1.807) is 35.8 Å². The third-order valence-electron chi connectivity index (χ3n) is 4.63. The average molecular weight is 404 g/mol. The predicted molar refractivity (Wildman–Crippen MR) is 112 cm³/mol. The molecule has 0 radical (unpaired) electrons. The van der Waals surface area contributed by atoms with Crippen molar-refractivity contribution < 1.29 is 19.1 Å². The highest BCUT2D eigenvalue weighted by Crippen LogP contribution is 2.28. The second-order valence-corrected chi connectivity index (χ2v) is 6.52. The van der Waals surface area contributed by atoms with Gasteiger partial charge in [-0.1, -0.05) is 30.3 Å². The first-order valence-corrected chi connectivity index (χ1v) is 9.54. The smallest absolute Gasteiger partial charge is 0.344 e. The van der Waals surface area contributed by atoms with Gasteiger partial charge in [0.1, 0.15) is 23.5 Å². The maximum absolute atomic E-state index is 12.5. The van der Waals surface area contributed by atoms with Crippen LogP contribution in [0.1, 0.15) is 27.6 Å². The lowest BCUT2D eigenvalue weighted by atomic mass is 10.2. The minimum Gasteiger partial charge on any atom is -0.462 e. The van der Waals surface area contributed by atoms with Gasteiger partial charge in [-0.05, 0) is 31.2 Å². The predicted octanol–water partition coefficient (Wildman–Crippen LogP) is 3.20. The number of benzene rings is 2. The van der Waals surface area contributed by atoms with E-state index in [4.69, 9.17) is 15.2 Å². The number of nitrogens with two attached hydrogens (primary N) is 1. The number of anilines is 1. The molecule has 2 aromatic heterocycles. The van der Waals surface area contributed by atoms with Gasteiger partial charge < -0.3 is 19.8 Å². The Labute approximate surface area is 172 Å². The molecule has 0 spiro atoms. The van der Waals surface area contributed by atoms with E-state index in [2.05, 4.69) is 9.97 Å². The van der Waals surface area contributed by atoms with E-state index in [0.29, 0.717) is 27.8 Å². The molecule has 0 bridgehead atoms. The van der Waals surface area contributed by atoms with E-state index in [1.807, 2.05) is 30.3 Å². The number of carbonyl (C=O) groups excluding carboxylic acids is 2. The Morgan fingerprint density at radius 3 is 2.30 bits per heavy atom. The van der Waals surface area contributed by atoms with Gasteiger partial charge in [-0.15, -0.1) is 0 Å². The lowest BCUT2D eigenvalue weighted by molar-refractivity contribution is 0.0488. The molecule has 0 atom stereocenters. The molecule has 8 nitrogen and oxygen atoms in total. The highest BCUT2D eigenvalue weighted by Gasteiger charge is 2.25. The zero-order valence-electron chi connectivity index (χ0n) is 16.4. The highest BCUT2D eigenvalue weighted by atomic mass is 16.5. The standard InChI is InChI=1S/C22H20N4O4/c1-2-29-22(28)17-18-20(25-16-11-7-6-10-15(16)24-18)26(19(17)23)12-13-30-21(27)14-8-4-3-5-9-14/h3-11H,2,12-13,23H2,1H3. The number of esters is 2. The molecule has 0 fully saturated rings. The van der Waals surface area contributed by atoms with Gasteiger partial charge in [0.15, 0.2) is 5.65 Å². The largest absolute Gasteiger partial charge is 0.462 e. The quantitative estimate of drug-likeness (QED) is 0.492. The van der Waals surface area contributed by atoms with Crippen molar-refractivity contribution >= 4 is 40.0 Å². The molecule has 2 heterocycles. The third kappa shape index (κ3) is 3.55. The van der Waals surface area contributed by atoms with Crippen molar-refractivity contribution in [1.29, 1.82) is 0 Å². The number of fused-ring (bicyclic) bond motifs is 2. The molecule has 8 heteroatoms. The number of ether oxygens (including phenoxy) is 2. The molecule has 0 saturated carbocycles. The minimum absolute atomic E-state index is 0.0540. The summed E-state index contributed by atoms with van der Waals surface area (Å²) in [4.78, 5) is 33.9. The Balaban J connectivity index is 1.69. The van der Waals surface area contributed by atoms with Crippen LogP contribution in [0, 0.1) is 0 Å². The van der Waals surface area contributed by atoms with Crippen molar-refractivity contribution in [2.24, 2.45) is 0 Å². The van der Waals surface area contributed by atoms with Crippen molar-refractivity contribution in [2.75, 3.05) is 18.9 Å². The first-order chi connectivity index (χ1) is 14.6. The summed E-state index contributed by atoms with van der Waals surface area (Å²) in [6, 6.07) is 16.0. The van der Waals surface area contributed by atoms with Crippen molar-refractivity contribution in [3.63, 3.8) is 0 Å². The van der Waals surface area contributed by atoms with E-state index in [9.17, 15) is 9.59 Å². The van der Waals surface area contributed by atoms with Crippen molar-refractivity contribution in [3.05, 3.63) is 65.7 Å². The van der Waals surface area contributed by atoms with Crippen LogP contribution in [0.25, 0.3) is 22.2 Å². The van der Waals surface area contributed by atoms with E-state index < -0.39 is 11.9 Å². The summed E-state index contributed by atoms with van der Waals surface area (Å²) in [7, 11) is 0. The number of para-hydroxylation sites is 2. The van der Waals surface area contributed by atoms with Crippen LogP contribution in [-0.2, 0) is 16.0 Å². The first kappa shape index (κ1) is 19.4. The molecule has 0 amide bonds.